The molecule has 0 unspecified atom stereocenters. The SMILES string of the molecule is CC(C)c1ccc2cc(C(=O)O)nc(Cl)c2c1. The molecule has 1 aromatic heterocycles. The van der Waals surface area contributed by atoms with Gasteiger partial charge in [-0.25, -0.2) is 9.78 Å². The van der Waals surface area contributed by atoms with Crippen molar-refractivity contribution in [2.24, 2.45) is 0 Å². The van der Waals surface area contributed by atoms with Crippen LogP contribution in [0.25, 0.3) is 10.8 Å². The highest BCUT2D eigenvalue weighted by Crippen LogP contribution is 2.26. The van der Waals surface area contributed by atoms with Gasteiger partial charge in [-0.15, -0.1) is 0 Å². The van der Waals surface area contributed by atoms with Crippen molar-refractivity contribution in [2.75, 3.05) is 0 Å². The van der Waals surface area contributed by atoms with E-state index in [-0.39, 0.29) is 10.8 Å². The molecular formula is C13H12ClNO2. The summed E-state index contributed by atoms with van der Waals surface area (Å²) in [5.41, 5.74) is 1.13. The van der Waals surface area contributed by atoms with Gasteiger partial charge in [-0.3, -0.25) is 0 Å². The van der Waals surface area contributed by atoms with Crippen LogP contribution in [0.2, 0.25) is 5.15 Å². The average molecular weight is 250 g/mol. The van der Waals surface area contributed by atoms with Crippen LogP contribution >= 0.6 is 11.6 Å². The molecule has 2 aromatic rings. The Kier molecular flexibility index (Phi) is 3.03. The second kappa shape index (κ2) is 4.34. The molecule has 88 valence electrons. The van der Waals surface area contributed by atoms with E-state index >= 15 is 0 Å². The molecule has 0 aliphatic carbocycles. The van der Waals surface area contributed by atoms with E-state index < -0.39 is 5.97 Å². The lowest BCUT2D eigenvalue weighted by atomic mass is 10.00. The lowest BCUT2D eigenvalue weighted by Crippen LogP contribution is -2.00. The Balaban J connectivity index is 2.68. The molecule has 0 radical (unpaired) electrons. The van der Waals surface area contributed by atoms with Gasteiger partial charge in [0.2, 0.25) is 0 Å². The average Bonchev–Trinajstić information content (AvgIpc) is 2.28. The lowest BCUT2D eigenvalue weighted by Gasteiger charge is -2.08. The van der Waals surface area contributed by atoms with Crippen molar-refractivity contribution in [3.8, 4) is 0 Å². The zero-order valence-corrected chi connectivity index (χ0v) is 10.3. The predicted molar refractivity (Wildman–Crippen MR) is 67.8 cm³/mol. The number of benzene rings is 1. The first-order chi connectivity index (χ1) is 7.99. The van der Waals surface area contributed by atoms with Gasteiger partial charge >= 0.3 is 5.97 Å². The molecule has 0 spiro atoms. The van der Waals surface area contributed by atoms with Gasteiger partial charge in [-0.1, -0.05) is 37.6 Å². The fourth-order valence-corrected chi connectivity index (χ4v) is 1.95. The second-order valence-electron chi connectivity index (χ2n) is 4.24. The maximum absolute atomic E-state index is 10.9. The molecule has 1 N–H and O–H groups in total. The Morgan fingerprint density at radius 2 is 2.06 bits per heavy atom. The normalized spacial score (nSPS) is 11.1. The summed E-state index contributed by atoms with van der Waals surface area (Å²) in [5.74, 6) is -0.670. The summed E-state index contributed by atoms with van der Waals surface area (Å²) in [6.45, 7) is 4.18. The number of aromatic carboxylic acids is 1. The number of hydrogen-bond donors (Lipinski definition) is 1. The first-order valence-electron chi connectivity index (χ1n) is 5.32. The topological polar surface area (TPSA) is 50.2 Å². The van der Waals surface area contributed by atoms with Crippen molar-refractivity contribution >= 4 is 28.3 Å². The number of pyridine rings is 1. The summed E-state index contributed by atoms with van der Waals surface area (Å²) in [6, 6.07) is 7.36. The van der Waals surface area contributed by atoms with Crippen LogP contribution in [0.4, 0.5) is 0 Å². The van der Waals surface area contributed by atoms with Gasteiger partial charge < -0.3 is 5.11 Å². The second-order valence-corrected chi connectivity index (χ2v) is 4.60. The molecule has 0 bridgehead atoms. The zero-order chi connectivity index (χ0) is 12.6. The van der Waals surface area contributed by atoms with Crippen molar-refractivity contribution in [3.05, 3.63) is 40.7 Å². The zero-order valence-electron chi connectivity index (χ0n) is 9.57. The smallest absolute Gasteiger partial charge is 0.354 e. The van der Waals surface area contributed by atoms with E-state index in [1.165, 1.54) is 6.07 Å². The largest absolute Gasteiger partial charge is 0.477 e. The molecule has 0 aliphatic heterocycles. The molecule has 4 heteroatoms. The van der Waals surface area contributed by atoms with E-state index in [0.29, 0.717) is 5.92 Å². The van der Waals surface area contributed by atoms with Crippen molar-refractivity contribution in [3.63, 3.8) is 0 Å². The molecule has 0 atom stereocenters. The molecular weight excluding hydrogens is 238 g/mol. The Morgan fingerprint density at radius 1 is 1.35 bits per heavy atom. The molecule has 0 fully saturated rings. The third-order valence-electron chi connectivity index (χ3n) is 2.70. The van der Waals surface area contributed by atoms with Gasteiger partial charge in [0.25, 0.3) is 0 Å². The highest BCUT2D eigenvalue weighted by atomic mass is 35.5. The van der Waals surface area contributed by atoms with E-state index in [4.69, 9.17) is 16.7 Å². The number of carbonyl (C=O) groups is 1. The van der Waals surface area contributed by atoms with Gasteiger partial charge in [-0.05, 0) is 29.0 Å². The molecule has 3 nitrogen and oxygen atoms in total. The van der Waals surface area contributed by atoms with Crippen LogP contribution < -0.4 is 0 Å². The molecule has 1 aromatic carbocycles. The summed E-state index contributed by atoms with van der Waals surface area (Å²) in [7, 11) is 0. The van der Waals surface area contributed by atoms with Crippen molar-refractivity contribution in [1.82, 2.24) is 4.98 Å². The fraction of sp³-hybridized carbons (Fsp3) is 0.231. The number of rotatable bonds is 2. The summed E-state index contributed by atoms with van der Waals surface area (Å²) in [6.07, 6.45) is 0. The quantitative estimate of drug-likeness (QED) is 0.826. The minimum atomic E-state index is -1.07. The van der Waals surface area contributed by atoms with Crippen molar-refractivity contribution in [2.45, 2.75) is 19.8 Å². The summed E-state index contributed by atoms with van der Waals surface area (Å²) < 4.78 is 0. The van der Waals surface area contributed by atoms with Crippen molar-refractivity contribution in [1.29, 1.82) is 0 Å². The lowest BCUT2D eigenvalue weighted by molar-refractivity contribution is 0.0690. The van der Waals surface area contributed by atoms with Crippen LogP contribution in [0.5, 0.6) is 0 Å². The van der Waals surface area contributed by atoms with Gasteiger partial charge in [-0.2, -0.15) is 0 Å². The van der Waals surface area contributed by atoms with Gasteiger partial charge in [0, 0.05) is 5.39 Å². The number of fused-ring (bicyclic) bond motifs is 1. The van der Waals surface area contributed by atoms with Crippen LogP contribution in [0.1, 0.15) is 35.8 Å². The monoisotopic (exact) mass is 249 g/mol. The van der Waals surface area contributed by atoms with Gasteiger partial charge in [0.1, 0.15) is 5.15 Å². The first-order valence-corrected chi connectivity index (χ1v) is 5.70. The summed E-state index contributed by atoms with van der Waals surface area (Å²) >= 11 is 6.01. The number of hydrogen-bond acceptors (Lipinski definition) is 2. The molecule has 2 rings (SSSR count). The Morgan fingerprint density at radius 3 is 2.65 bits per heavy atom. The minimum absolute atomic E-state index is 0.0280. The molecule has 0 amide bonds. The molecule has 17 heavy (non-hydrogen) atoms. The highest BCUT2D eigenvalue weighted by molar-refractivity contribution is 6.34. The number of carboxylic acid groups (broad SMARTS) is 1. The standard InChI is InChI=1S/C13H12ClNO2/c1-7(2)8-3-4-9-6-11(13(16)17)15-12(14)10(9)5-8/h3-7H,1-2H3,(H,16,17). The maximum atomic E-state index is 10.9. The highest BCUT2D eigenvalue weighted by Gasteiger charge is 2.10. The summed E-state index contributed by atoms with van der Waals surface area (Å²) in [5, 5.41) is 10.7. The van der Waals surface area contributed by atoms with Crippen LogP contribution in [0, 0.1) is 0 Å². The van der Waals surface area contributed by atoms with E-state index in [1.54, 1.807) is 0 Å². The molecule has 1 heterocycles. The Labute approximate surface area is 104 Å². The van der Waals surface area contributed by atoms with E-state index in [1.807, 2.05) is 18.2 Å². The molecule has 0 saturated carbocycles. The van der Waals surface area contributed by atoms with Gasteiger partial charge in [0.15, 0.2) is 5.69 Å². The number of aromatic nitrogens is 1. The first kappa shape index (κ1) is 11.9. The van der Waals surface area contributed by atoms with E-state index in [9.17, 15) is 4.79 Å². The van der Waals surface area contributed by atoms with Gasteiger partial charge in [0.05, 0.1) is 0 Å². The minimum Gasteiger partial charge on any atom is -0.477 e. The predicted octanol–water partition coefficient (Wildman–Crippen LogP) is 3.71. The molecule has 0 saturated heterocycles. The molecule has 0 aliphatic rings. The third-order valence-corrected chi connectivity index (χ3v) is 2.98. The third kappa shape index (κ3) is 2.24. The van der Waals surface area contributed by atoms with Crippen LogP contribution in [0.3, 0.4) is 0 Å². The van der Waals surface area contributed by atoms with E-state index in [0.717, 1.165) is 16.3 Å². The van der Waals surface area contributed by atoms with Crippen LogP contribution in [0.15, 0.2) is 24.3 Å². The maximum Gasteiger partial charge on any atom is 0.354 e. The Hall–Kier alpha value is -1.61. The fourth-order valence-electron chi connectivity index (χ4n) is 1.69. The Bertz CT molecular complexity index is 593. The number of nitrogens with zero attached hydrogens (tertiary/aromatic N) is 1. The van der Waals surface area contributed by atoms with E-state index in [2.05, 4.69) is 18.8 Å². The number of carboxylic acids is 1. The van der Waals surface area contributed by atoms with Crippen molar-refractivity contribution < 1.29 is 9.90 Å². The van der Waals surface area contributed by atoms with Crippen LogP contribution in [-0.4, -0.2) is 16.1 Å². The van der Waals surface area contributed by atoms with Crippen LogP contribution in [-0.2, 0) is 0 Å². The number of halogens is 1. The summed E-state index contributed by atoms with van der Waals surface area (Å²) in [4.78, 5) is 14.7.